The van der Waals surface area contributed by atoms with Crippen LogP contribution in [0.15, 0.2) is 42.1 Å². The number of aryl methyl sites for hydroxylation is 1. The van der Waals surface area contributed by atoms with Crippen LogP contribution in [-0.2, 0) is 10.0 Å². The number of rotatable bonds is 4. The summed E-state index contributed by atoms with van der Waals surface area (Å²) in [5.41, 5.74) is 1.86. The summed E-state index contributed by atoms with van der Waals surface area (Å²) >= 11 is 0. The molecule has 9 nitrogen and oxygen atoms in total. The molecule has 0 unspecified atom stereocenters. The second-order valence-electron chi connectivity index (χ2n) is 4.27. The highest BCUT2D eigenvalue weighted by molar-refractivity contribution is 7.92. The average Bonchev–Trinajstić information content (AvgIpc) is 3.14. The number of H-pyrrole nitrogens is 1. The zero-order valence-corrected chi connectivity index (χ0v) is 11.7. The SMILES string of the molecule is Cc1ccc(-n2cnnn2)cc1NS(=O)(=O)c1cnc[nH]1. The fourth-order valence-corrected chi connectivity index (χ4v) is 2.76. The van der Waals surface area contributed by atoms with Crippen molar-refractivity contribution in [1.29, 1.82) is 0 Å². The van der Waals surface area contributed by atoms with Crippen LogP contribution in [-0.4, -0.2) is 38.6 Å². The highest BCUT2D eigenvalue weighted by Crippen LogP contribution is 2.21. The van der Waals surface area contributed by atoms with E-state index in [1.807, 2.05) is 0 Å². The van der Waals surface area contributed by atoms with Gasteiger partial charge in [-0.25, -0.2) is 9.67 Å². The van der Waals surface area contributed by atoms with E-state index in [1.54, 1.807) is 25.1 Å². The molecular weight excluding hydrogens is 294 g/mol. The van der Waals surface area contributed by atoms with Gasteiger partial charge in [0.05, 0.1) is 23.9 Å². The third kappa shape index (κ3) is 2.60. The molecule has 0 aliphatic heterocycles. The summed E-state index contributed by atoms with van der Waals surface area (Å²) in [5.74, 6) is 0. The number of nitrogens with one attached hydrogen (secondary N) is 2. The van der Waals surface area contributed by atoms with E-state index in [4.69, 9.17) is 0 Å². The minimum atomic E-state index is -3.71. The Morgan fingerprint density at radius 1 is 1.33 bits per heavy atom. The summed E-state index contributed by atoms with van der Waals surface area (Å²) in [6, 6.07) is 5.22. The monoisotopic (exact) mass is 305 g/mol. The van der Waals surface area contributed by atoms with Crippen LogP contribution < -0.4 is 4.72 Å². The molecule has 3 aromatic rings. The van der Waals surface area contributed by atoms with E-state index in [9.17, 15) is 8.42 Å². The van der Waals surface area contributed by atoms with Gasteiger partial charge in [-0.05, 0) is 35.0 Å². The lowest BCUT2D eigenvalue weighted by molar-refractivity contribution is 0.598. The molecule has 10 heteroatoms. The second kappa shape index (κ2) is 4.98. The van der Waals surface area contributed by atoms with Gasteiger partial charge in [0.1, 0.15) is 6.33 Å². The first-order valence-corrected chi connectivity index (χ1v) is 7.40. The summed E-state index contributed by atoms with van der Waals surface area (Å²) in [5, 5.41) is 10.9. The standard InChI is InChI=1S/C11H11N7O2S/c1-8-2-3-9(18-7-14-16-17-18)4-10(8)15-21(19,20)11-5-12-6-13-11/h2-7,15H,1H3,(H,12,13). The molecular formula is C11H11N7O2S. The highest BCUT2D eigenvalue weighted by Gasteiger charge is 2.17. The Morgan fingerprint density at radius 3 is 2.86 bits per heavy atom. The van der Waals surface area contributed by atoms with E-state index in [0.29, 0.717) is 11.4 Å². The van der Waals surface area contributed by atoms with Gasteiger partial charge in [-0.2, -0.15) is 8.42 Å². The van der Waals surface area contributed by atoms with Crippen LogP contribution in [0.3, 0.4) is 0 Å². The molecule has 0 radical (unpaired) electrons. The maximum Gasteiger partial charge on any atom is 0.278 e. The number of nitrogens with zero attached hydrogens (tertiary/aromatic N) is 5. The Bertz CT molecular complexity index is 841. The number of sulfonamides is 1. The van der Waals surface area contributed by atoms with Gasteiger partial charge in [0.2, 0.25) is 0 Å². The minimum Gasteiger partial charge on any atom is -0.334 e. The van der Waals surface area contributed by atoms with Gasteiger partial charge in [-0.3, -0.25) is 4.72 Å². The third-order valence-corrected chi connectivity index (χ3v) is 4.13. The van der Waals surface area contributed by atoms with Gasteiger partial charge in [0, 0.05) is 0 Å². The minimum absolute atomic E-state index is 0.00488. The highest BCUT2D eigenvalue weighted by atomic mass is 32.2. The zero-order chi connectivity index (χ0) is 14.9. The van der Waals surface area contributed by atoms with Crippen LogP contribution >= 0.6 is 0 Å². The van der Waals surface area contributed by atoms with Crippen LogP contribution in [0.2, 0.25) is 0 Å². The maximum atomic E-state index is 12.2. The van der Waals surface area contributed by atoms with E-state index in [-0.39, 0.29) is 5.03 Å². The number of tetrazole rings is 1. The first-order valence-electron chi connectivity index (χ1n) is 5.91. The maximum absolute atomic E-state index is 12.2. The zero-order valence-electron chi connectivity index (χ0n) is 10.9. The molecule has 2 N–H and O–H groups in total. The van der Waals surface area contributed by atoms with E-state index >= 15 is 0 Å². The van der Waals surface area contributed by atoms with Crippen LogP contribution in [0.4, 0.5) is 5.69 Å². The van der Waals surface area contributed by atoms with Crippen molar-refractivity contribution >= 4 is 15.7 Å². The molecule has 2 aromatic heterocycles. The molecule has 3 rings (SSSR count). The van der Waals surface area contributed by atoms with Crippen molar-refractivity contribution in [1.82, 2.24) is 30.2 Å². The fraction of sp³-hybridized carbons (Fsp3) is 0.0909. The van der Waals surface area contributed by atoms with E-state index in [0.717, 1.165) is 5.56 Å². The summed E-state index contributed by atoms with van der Waals surface area (Å²) in [6.07, 6.45) is 3.97. The van der Waals surface area contributed by atoms with Crippen LogP contribution in [0.25, 0.3) is 5.69 Å². The van der Waals surface area contributed by atoms with E-state index < -0.39 is 10.0 Å². The molecule has 21 heavy (non-hydrogen) atoms. The number of aromatic nitrogens is 6. The molecule has 0 aliphatic rings. The fourth-order valence-electron chi connectivity index (χ4n) is 1.73. The Labute approximate surface area is 120 Å². The number of imidazole rings is 1. The topological polar surface area (TPSA) is 118 Å². The van der Waals surface area contributed by atoms with Crippen molar-refractivity contribution in [2.24, 2.45) is 0 Å². The second-order valence-corrected chi connectivity index (χ2v) is 5.93. The van der Waals surface area contributed by atoms with Crippen molar-refractivity contribution in [2.75, 3.05) is 4.72 Å². The van der Waals surface area contributed by atoms with Gasteiger partial charge >= 0.3 is 0 Å². The van der Waals surface area contributed by atoms with E-state index in [2.05, 4.69) is 30.2 Å². The largest absolute Gasteiger partial charge is 0.334 e. The molecule has 108 valence electrons. The van der Waals surface area contributed by atoms with Crippen molar-refractivity contribution in [3.63, 3.8) is 0 Å². The normalized spacial score (nSPS) is 11.5. The van der Waals surface area contributed by atoms with Crippen molar-refractivity contribution in [2.45, 2.75) is 11.9 Å². The lowest BCUT2D eigenvalue weighted by Crippen LogP contribution is -2.14. The van der Waals surface area contributed by atoms with Crippen molar-refractivity contribution < 1.29 is 8.42 Å². The molecule has 0 saturated carbocycles. The van der Waals surface area contributed by atoms with E-state index in [1.165, 1.54) is 23.5 Å². The lowest BCUT2D eigenvalue weighted by Gasteiger charge is -2.10. The Morgan fingerprint density at radius 2 is 2.19 bits per heavy atom. The first kappa shape index (κ1) is 13.2. The number of hydrogen-bond acceptors (Lipinski definition) is 6. The average molecular weight is 305 g/mol. The smallest absolute Gasteiger partial charge is 0.278 e. The van der Waals surface area contributed by atoms with Crippen LogP contribution in [0.1, 0.15) is 5.56 Å². The first-order chi connectivity index (χ1) is 10.1. The molecule has 2 heterocycles. The molecule has 0 atom stereocenters. The van der Waals surface area contributed by atoms with Crippen molar-refractivity contribution in [3.8, 4) is 5.69 Å². The number of hydrogen-bond donors (Lipinski definition) is 2. The van der Waals surface area contributed by atoms with Gasteiger partial charge in [-0.15, -0.1) is 5.10 Å². The summed E-state index contributed by atoms with van der Waals surface area (Å²) in [4.78, 5) is 6.27. The summed E-state index contributed by atoms with van der Waals surface area (Å²) in [7, 11) is -3.71. The predicted octanol–water partition coefficient (Wildman–Crippen LogP) is 0.495. The summed E-state index contributed by atoms with van der Waals surface area (Å²) < 4.78 is 28.3. The number of benzene rings is 1. The predicted molar refractivity (Wildman–Crippen MR) is 73.3 cm³/mol. The summed E-state index contributed by atoms with van der Waals surface area (Å²) in [6.45, 7) is 1.80. The van der Waals surface area contributed by atoms with Gasteiger partial charge in [0.15, 0.2) is 5.03 Å². The molecule has 1 aromatic carbocycles. The van der Waals surface area contributed by atoms with Gasteiger partial charge < -0.3 is 4.98 Å². The number of aromatic amines is 1. The molecule has 0 spiro atoms. The van der Waals surface area contributed by atoms with Gasteiger partial charge in [0.25, 0.3) is 10.0 Å². The Hall–Kier alpha value is -2.75. The molecule has 0 amide bonds. The molecule has 0 fully saturated rings. The van der Waals surface area contributed by atoms with Crippen LogP contribution in [0, 0.1) is 6.92 Å². The van der Waals surface area contributed by atoms with Crippen molar-refractivity contribution in [3.05, 3.63) is 42.6 Å². The number of anilines is 1. The van der Waals surface area contributed by atoms with Gasteiger partial charge in [-0.1, -0.05) is 6.07 Å². The Balaban J connectivity index is 1.97. The Kier molecular flexibility index (Phi) is 3.14. The molecule has 0 aliphatic carbocycles. The third-order valence-electron chi connectivity index (χ3n) is 2.84. The lowest BCUT2D eigenvalue weighted by atomic mass is 10.2. The molecule has 0 bridgehead atoms. The molecule has 0 saturated heterocycles. The quantitative estimate of drug-likeness (QED) is 0.724. The van der Waals surface area contributed by atoms with Crippen LogP contribution in [0.5, 0.6) is 0 Å².